The van der Waals surface area contributed by atoms with E-state index >= 15 is 0 Å². The van der Waals surface area contributed by atoms with Crippen molar-refractivity contribution in [2.45, 2.75) is 25.7 Å². The maximum absolute atomic E-state index is 13.0. The summed E-state index contributed by atoms with van der Waals surface area (Å²) in [7, 11) is 0. The number of ether oxygens (including phenoxy) is 1. The summed E-state index contributed by atoms with van der Waals surface area (Å²) >= 11 is 0. The Balaban J connectivity index is 1.49. The molecule has 27 heavy (non-hydrogen) atoms. The van der Waals surface area contributed by atoms with E-state index in [1.165, 1.54) is 0 Å². The summed E-state index contributed by atoms with van der Waals surface area (Å²) in [5.74, 6) is 0.412. The van der Waals surface area contributed by atoms with Gasteiger partial charge in [0.1, 0.15) is 0 Å². The van der Waals surface area contributed by atoms with Gasteiger partial charge in [-0.1, -0.05) is 18.2 Å². The first-order valence-electron chi connectivity index (χ1n) is 9.53. The second-order valence-electron chi connectivity index (χ2n) is 6.95. The van der Waals surface area contributed by atoms with E-state index in [0.29, 0.717) is 44.4 Å². The molecule has 0 N–H and O–H groups in total. The Bertz CT molecular complexity index is 821. The molecule has 1 saturated heterocycles. The largest absolute Gasteiger partial charge is 0.450 e. The number of hydrogen-bond acceptors (Lipinski definition) is 4. The first-order chi connectivity index (χ1) is 13.2. The van der Waals surface area contributed by atoms with Crippen LogP contribution in [0.5, 0.6) is 0 Å². The summed E-state index contributed by atoms with van der Waals surface area (Å²) in [5.41, 5.74) is 2.56. The molecule has 1 saturated carbocycles. The van der Waals surface area contributed by atoms with Crippen LogP contribution in [0, 0.1) is 0 Å². The number of amides is 2. The number of piperazine rings is 1. The van der Waals surface area contributed by atoms with Gasteiger partial charge in [0.25, 0.3) is 5.91 Å². The minimum atomic E-state index is -0.311. The van der Waals surface area contributed by atoms with Gasteiger partial charge in [0.2, 0.25) is 0 Å². The fourth-order valence-corrected chi connectivity index (χ4v) is 3.41. The minimum absolute atomic E-state index is 0.0740. The van der Waals surface area contributed by atoms with Crippen molar-refractivity contribution >= 4 is 12.0 Å². The first-order valence-corrected chi connectivity index (χ1v) is 9.53. The highest BCUT2D eigenvalue weighted by molar-refractivity contribution is 5.92. The molecule has 2 heterocycles. The highest BCUT2D eigenvalue weighted by Gasteiger charge is 2.32. The number of carbonyl (C=O) groups is 2. The lowest BCUT2D eigenvalue weighted by molar-refractivity contribution is 0.0565. The third kappa shape index (κ3) is 3.67. The summed E-state index contributed by atoms with van der Waals surface area (Å²) in [6, 6.07) is 11.9. The molecule has 0 radical (unpaired) electrons. The number of rotatable bonds is 4. The van der Waals surface area contributed by atoms with E-state index in [1.807, 2.05) is 41.1 Å². The topological polar surface area (TPSA) is 67.7 Å². The molecule has 142 valence electrons. The molecule has 0 atom stereocenters. The molecule has 2 fully saturated rings. The van der Waals surface area contributed by atoms with Crippen LogP contribution in [0.25, 0.3) is 5.69 Å². The fourth-order valence-electron chi connectivity index (χ4n) is 3.41. The fraction of sp³-hybridized carbons (Fsp3) is 0.450. The highest BCUT2D eigenvalue weighted by Crippen LogP contribution is 2.41. The summed E-state index contributed by atoms with van der Waals surface area (Å²) in [5, 5.41) is 4.62. The highest BCUT2D eigenvalue weighted by atomic mass is 16.6. The maximum atomic E-state index is 13.0. The molecule has 1 aliphatic heterocycles. The molecule has 2 aliphatic rings. The Morgan fingerprint density at radius 2 is 1.74 bits per heavy atom. The van der Waals surface area contributed by atoms with Crippen LogP contribution in [-0.4, -0.2) is 64.4 Å². The molecule has 1 aromatic heterocycles. The van der Waals surface area contributed by atoms with Gasteiger partial charge in [0.15, 0.2) is 5.69 Å². The van der Waals surface area contributed by atoms with Gasteiger partial charge in [0, 0.05) is 37.8 Å². The number of benzene rings is 1. The molecule has 2 aromatic rings. The predicted molar refractivity (Wildman–Crippen MR) is 100 cm³/mol. The lowest BCUT2D eigenvalue weighted by atomic mass is 10.2. The van der Waals surface area contributed by atoms with Gasteiger partial charge < -0.3 is 14.5 Å². The van der Waals surface area contributed by atoms with Gasteiger partial charge in [0.05, 0.1) is 12.3 Å². The van der Waals surface area contributed by atoms with Gasteiger partial charge in [-0.3, -0.25) is 4.79 Å². The average molecular weight is 368 g/mol. The summed E-state index contributed by atoms with van der Waals surface area (Å²) < 4.78 is 6.93. The van der Waals surface area contributed by atoms with Crippen molar-refractivity contribution in [1.29, 1.82) is 0 Å². The average Bonchev–Trinajstić information content (AvgIpc) is 3.46. The van der Waals surface area contributed by atoms with Crippen molar-refractivity contribution in [2.24, 2.45) is 0 Å². The van der Waals surface area contributed by atoms with E-state index in [2.05, 4.69) is 5.10 Å². The molecule has 0 spiro atoms. The smallest absolute Gasteiger partial charge is 0.409 e. The number of nitrogens with zero attached hydrogens (tertiary/aromatic N) is 4. The van der Waals surface area contributed by atoms with Crippen LogP contribution in [0.4, 0.5) is 4.79 Å². The zero-order valence-electron chi connectivity index (χ0n) is 15.5. The molecule has 0 bridgehead atoms. The van der Waals surface area contributed by atoms with E-state index in [-0.39, 0.29) is 12.0 Å². The number of aromatic nitrogens is 2. The van der Waals surface area contributed by atoms with E-state index < -0.39 is 0 Å². The second-order valence-corrected chi connectivity index (χ2v) is 6.95. The Morgan fingerprint density at radius 1 is 1.07 bits per heavy atom. The molecule has 7 heteroatoms. The van der Waals surface area contributed by atoms with Crippen molar-refractivity contribution in [3.63, 3.8) is 0 Å². The van der Waals surface area contributed by atoms with Gasteiger partial charge in [-0.15, -0.1) is 0 Å². The van der Waals surface area contributed by atoms with Crippen LogP contribution >= 0.6 is 0 Å². The van der Waals surface area contributed by atoms with E-state index in [9.17, 15) is 9.59 Å². The zero-order chi connectivity index (χ0) is 18.8. The summed E-state index contributed by atoms with van der Waals surface area (Å²) in [4.78, 5) is 28.2. The van der Waals surface area contributed by atoms with Crippen molar-refractivity contribution in [3.8, 4) is 5.69 Å². The molecule has 7 nitrogen and oxygen atoms in total. The minimum Gasteiger partial charge on any atom is -0.450 e. The Labute approximate surface area is 158 Å². The standard InChI is InChI=1S/C20H24N4O3/c1-2-27-20(26)23-12-10-22(11-13-23)19(25)17-14-18(15-8-9-15)24(21-17)16-6-4-3-5-7-16/h3-7,14-15H,2,8-13H2,1H3. The second kappa shape index (κ2) is 7.42. The van der Waals surface area contributed by atoms with Crippen molar-refractivity contribution in [3.05, 3.63) is 47.8 Å². The van der Waals surface area contributed by atoms with E-state index in [1.54, 1.807) is 16.7 Å². The molecule has 1 aliphatic carbocycles. The Hall–Kier alpha value is -2.83. The van der Waals surface area contributed by atoms with E-state index in [0.717, 1.165) is 24.2 Å². The summed E-state index contributed by atoms with van der Waals surface area (Å²) in [6.45, 7) is 4.11. The first kappa shape index (κ1) is 17.6. The molecular weight excluding hydrogens is 344 g/mol. The lowest BCUT2D eigenvalue weighted by Gasteiger charge is -2.33. The molecule has 2 amide bonds. The Morgan fingerprint density at radius 3 is 2.37 bits per heavy atom. The molecule has 0 unspecified atom stereocenters. The number of carbonyl (C=O) groups excluding carboxylic acids is 2. The van der Waals surface area contributed by atoms with Gasteiger partial charge >= 0.3 is 6.09 Å². The third-order valence-corrected chi connectivity index (χ3v) is 5.05. The zero-order valence-corrected chi connectivity index (χ0v) is 15.5. The van der Waals surface area contributed by atoms with Crippen molar-refractivity contribution < 1.29 is 14.3 Å². The van der Waals surface area contributed by atoms with Crippen molar-refractivity contribution in [2.75, 3.05) is 32.8 Å². The monoisotopic (exact) mass is 368 g/mol. The SMILES string of the molecule is CCOC(=O)N1CCN(C(=O)c2cc(C3CC3)n(-c3ccccc3)n2)CC1. The third-order valence-electron chi connectivity index (χ3n) is 5.05. The summed E-state index contributed by atoms with van der Waals surface area (Å²) in [6.07, 6.45) is 1.98. The van der Waals surface area contributed by atoms with Crippen LogP contribution in [0.15, 0.2) is 36.4 Å². The van der Waals surface area contributed by atoms with E-state index in [4.69, 9.17) is 4.74 Å². The van der Waals surface area contributed by atoms with Crippen LogP contribution in [-0.2, 0) is 4.74 Å². The predicted octanol–water partition coefficient (Wildman–Crippen LogP) is 2.66. The van der Waals surface area contributed by atoms with Crippen molar-refractivity contribution in [1.82, 2.24) is 19.6 Å². The van der Waals surface area contributed by atoms with Crippen LogP contribution in [0.1, 0.15) is 41.9 Å². The molecule has 1 aromatic carbocycles. The lowest BCUT2D eigenvalue weighted by Crippen LogP contribution is -2.50. The van der Waals surface area contributed by atoms with Gasteiger partial charge in [-0.2, -0.15) is 5.10 Å². The quantitative estimate of drug-likeness (QED) is 0.832. The normalized spacial score (nSPS) is 17.1. The van der Waals surface area contributed by atoms with Crippen LogP contribution in [0.3, 0.4) is 0 Å². The van der Waals surface area contributed by atoms with Crippen LogP contribution < -0.4 is 0 Å². The maximum Gasteiger partial charge on any atom is 0.409 e. The molecule has 4 rings (SSSR count). The number of hydrogen-bond donors (Lipinski definition) is 0. The number of para-hydroxylation sites is 1. The molecular formula is C20H24N4O3. The Kier molecular flexibility index (Phi) is 4.83. The van der Waals surface area contributed by atoms with Crippen LogP contribution in [0.2, 0.25) is 0 Å². The van der Waals surface area contributed by atoms with Gasteiger partial charge in [-0.05, 0) is 38.0 Å². The van der Waals surface area contributed by atoms with Gasteiger partial charge in [-0.25, -0.2) is 9.48 Å².